The number of nitriles is 2. The first-order valence-corrected chi connectivity index (χ1v) is 26.8. The molecule has 0 aromatic heterocycles. The van der Waals surface area contributed by atoms with Crippen LogP contribution in [0.25, 0.3) is 32.3 Å². The molecular formula is C51H48N4Si2. The minimum atomic E-state index is -1.53. The standard InChI is InChI=1S/C51H48N4Si2/c1-34(2)47-31-49(55(39-17-11-36(33-53)12-18-39)41-21-25-43(26-22-41)57(6,7)8)46-27-13-37-14-30-48(45-29-28-44(47)51(46)50(37)45)54(38-15-9-35(32-52)10-16-38)40-19-23-42(24-20-40)56(3,4)5/h9-31,34H,1-8H3. The highest BCUT2D eigenvalue weighted by atomic mass is 28.3. The molecule has 0 radical (unpaired) electrons. The summed E-state index contributed by atoms with van der Waals surface area (Å²) in [6.07, 6.45) is 0. The molecule has 280 valence electrons. The minimum Gasteiger partial charge on any atom is -0.310 e. The van der Waals surface area contributed by atoms with Gasteiger partial charge in [-0.2, -0.15) is 10.5 Å². The Kier molecular flexibility index (Phi) is 9.53. The van der Waals surface area contributed by atoms with Crippen LogP contribution in [0.15, 0.2) is 140 Å². The van der Waals surface area contributed by atoms with Crippen molar-refractivity contribution in [2.75, 3.05) is 9.80 Å². The molecule has 0 aliphatic rings. The molecular weight excluding hydrogens is 725 g/mol. The molecule has 6 heteroatoms. The van der Waals surface area contributed by atoms with E-state index in [4.69, 9.17) is 0 Å². The molecule has 8 aromatic rings. The quantitative estimate of drug-likeness (QED) is 0.108. The molecule has 0 bridgehead atoms. The molecule has 0 saturated carbocycles. The smallest absolute Gasteiger partial charge is 0.0991 e. The Morgan fingerprint density at radius 1 is 0.439 bits per heavy atom. The maximum Gasteiger partial charge on any atom is 0.0991 e. The fraction of sp³-hybridized carbons (Fsp3) is 0.176. The van der Waals surface area contributed by atoms with Crippen LogP contribution in [0.2, 0.25) is 39.3 Å². The summed E-state index contributed by atoms with van der Waals surface area (Å²) < 4.78 is 0. The van der Waals surface area contributed by atoms with Crippen molar-refractivity contribution >= 4 is 93.0 Å². The summed E-state index contributed by atoms with van der Waals surface area (Å²) in [5.41, 5.74) is 8.94. The fourth-order valence-electron chi connectivity index (χ4n) is 8.19. The zero-order valence-electron chi connectivity index (χ0n) is 34.1. The predicted octanol–water partition coefficient (Wildman–Crippen LogP) is 13.5. The van der Waals surface area contributed by atoms with Gasteiger partial charge in [0.05, 0.1) is 50.8 Å². The van der Waals surface area contributed by atoms with E-state index in [2.05, 4.69) is 190 Å². The normalized spacial score (nSPS) is 12.0. The predicted molar refractivity (Wildman–Crippen MR) is 249 cm³/mol. The van der Waals surface area contributed by atoms with Crippen LogP contribution >= 0.6 is 0 Å². The van der Waals surface area contributed by atoms with Crippen LogP contribution in [0.5, 0.6) is 0 Å². The summed E-state index contributed by atoms with van der Waals surface area (Å²) in [5.74, 6) is 0.268. The van der Waals surface area contributed by atoms with Gasteiger partial charge in [0, 0.05) is 33.5 Å². The van der Waals surface area contributed by atoms with Crippen LogP contribution < -0.4 is 20.2 Å². The van der Waals surface area contributed by atoms with Crippen LogP contribution in [-0.2, 0) is 0 Å². The number of benzene rings is 8. The van der Waals surface area contributed by atoms with E-state index in [1.165, 1.54) is 48.3 Å². The lowest BCUT2D eigenvalue weighted by molar-refractivity contribution is 0.876. The molecule has 0 spiro atoms. The van der Waals surface area contributed by atoms with Gasteiger partial charge < -0.3 is 9.80 Å². The summed E-state index contributed by atoms with van der Waals surface area (Å²) in [6.45, 7) is 18.9. The van der Waals surface area contributed by atoms with Crippen molar-refractivity contribution in [1.29, 1.82) is 10.5 Å². The third-order valence-corrected chi connectivity index (χ3v) is 15.5. The van der Waals surface area contributed by atoms with Crippen molar-refractivity contribution in [2.45, 2.75) is 59.0 Å². The second-order valence-electron chi connectivity index (χ2n) is 17.6. The van der Waals surface area contributed by atoms with Crippen molar-refractivity contribution < 1.29 is 0 Å². The van der Waals surface area contributed by atoms with Crippen molar-refractivity contribution in [3.8, 4) is 12.1 Å². The minimum absolute atomic E-state index is 0.268. The Morgan fingerprint density at radius 2 is 0.825 bits per heavy atom. The average molecular weight is 773 g/mol. The van der Waals surface area contributed by atoms with Crippen LogP contribution in [0.3, 0.4) is 0 Å². The third kappa shape index (κ3) is 6.86. The van der Waals surface area contributed by atoms with E-state index in [1.54, 1.807) is 0 Å². The van der Waals surface area contributed by atoms with E-state index < -0.39 is 16.1 Å². The molecule has 8 rings (SSSR count). The zero-order chi connectivity index (χ0) is 40.2. The number of anilines is 6. The first kappa shape index (κ1) is 37.7. The van der Waals surface area contributed by atoms with E-state index in [0.717, 1.165) is 34.1 Å². The van der Waals surface area contributed by atoms with E-state index in [0.29, 0.717) is 11.1 Å². The number of nitrogens with zero attached hydrogens (tertiary/aromatic N) is 4. The summed E-state index contributed by atoms with van der Waals surface area (Å²) in [4.78, 5) is 4.71. The molecule has 8 aromatic carbocycles. The van der Waals surface area contributed by atoms with E-state index in [1.807, 2.05) is 24.3 Å². The second kappa shape index (κ2) is 14.4. The van der Waals surface area contributed by atoms with Crippen LogP contribution in [0.1, 0.15) is 36.5 Å². The lowest BCUT2D eigenvalue weighted by Gasteiger charge is -2.31. The van der Waals surface area contributed by atoms with Gasteiger partial charge in [0.25, 0.3) is 0 Å². The van der Waals surface area contributed by atoms with Gasteiger partial charge in [0.2, 0.25) is 0 Å². The Balaban J connectivity index is 1.42. The molecule has 0 unspecified atom stereocenters. The summed E-state index contributed by atoms with van der Waals surface area (Å²) in [7, 11) is -3.04. The van der Waals surface area contributed by atoms with Crippen LogP contribution in [-0.4, -0.2) is 16.1 Å². The molecule has 0 saturated heterocycles. The molecule has 0 atom stereocenters. The highest BCUT2D eigenvalue weighted by molar-refractivity contribution is 6.89. The first-order valence-electron chi connectivity index (χ1n) is 19.8. The van der Waals surface area contributed by atoms with Crippen LogP contribution in [0.4, 0.5) is 34.1 Å². The highest BCUT2D eigenvalue weighted by Gasteiger charge is 2.25. The fourth-order valence-corrected chi connectivity index (χ4v) is 10.5. The topological polar surface area (TPSA) is 54.1 Å². The zero-order valence-corrected chi connectivity index (χ0v) is 36.1. The molecule has 57 heavy (non-hydrogen) atoms. The maximum absolute atomic E-state index is 9.70. The molecule has 0 heterocycles. The maximum atomic E-state index is 9.70. The van der Waals surface area contributed by atoms with E-state index in [9.17, 15) is 10.5 Å². The van der Waals surface area contributed by atoms with Crippen molar-refractivity contribution in [3.05, 3.63) is 156 Å². The Labute approximate surface area is 339 Å². The van der Waals surface area contributed by atoms with Crippen LogP contribution in [0, 0.1) is 22.7 Å². The third-order valence-electron chi connectivity index (χ3n) is 11.4. The average Bonchev–Trinajstić information content (AvgIpc) is 3.21. The van der Waals surface area contributed by atoms with Gasteiger partial charge in [0.1, 0.15) is 0 Å². The molecule has 0 fully saturated rings. The first-order chi connectivity index (χ1) is 27.3. The Hall–Kier alpha value is -6.19. The SMILES string of the molecule is CC(C)c1cc(N(c2ccc(C#N)cc2)c2ccc([Si](C)(C)C)cc2)c2ccc3ccc(N(c4ccc(C#N)cc4)c4ccc([Si](C)(C)C)cc4)c4ccc1c2c34. The Morgan fingerprint density at radius 3 is 1.26 bits per heavy atom. The Bertz CT molecular complexity index is 2830. The lowest BCUT2D eigenvalue weighted by Crippen LogP contribution is -2.37. The van der Waals surface area contributed by atoms with Crippen molar-refractivity contribution in [3.63, 3.8) is 0 Å². The molecule has 0 N–H and O–H groups in total. The van der Waals surface area contributed by atoms with Gasteiger partial charge in [-0.1, -0.05) is 118 Å². The highest BCUT2D eigenvalue weighted by Crippen LogP contribution is 2.49. The second-order valence-corrected chi connectivity index (χ2v) is 27.7. The molecule has 4 nitrogen and oxygen atoms in total. The summed E-state index contributed by atoms with van der Waals surface area (Å²) in [5, 5.41) is 29.5. The number of hydrogen-bond acceptors (Lipinski definition) is 4. The monoisotopic (exact) mass is 772 g/mol. The lowest BCUT2D eigenvalue weighted by atomic mass is 9.86. The summed E-state index contributed by atoms with van der Waals surface area (Å²) >= 11 is 0. The van der Waals surface area contributed by atoms with Crippen molar-refractivity contribution in [1.82, 2.24) is 0 Å². The van der Waals surface area contributed by atoms with E-state index in [-0.39, 0.29) is 5.92 Å². The van der Waals surface area contributed by atoms with Gasteiger partial charge in [0.15, 0.2) is 0 Å². The van der Waals surface area contributed by atoms with Gasteiger partial charge >= 0.3 is 0 Å². The van der Waals surface area contributed by atoms with Crippen molar-refractivity contribution in [2.24, 2.45) is 0 Å². The van der Waals surface area contributed by atoms with Gasteiger partial charge in [-0.25, -0.2) is 0 Å². The summed E-state index contributed by atoms with van der Waals surface area (Å²) in [6, 6.07) is 54.8. The largest absolute Gasteiger partial charge is 0.310 e. The number of hydrogen-bond donors (Lipinski definition) is 0. The van der Waals surface area contributed by atoms with E-state index >= 15 is 0 Å². The van der Waals surface area contributed by atoms with Gasteiger partial charge in [-0.05, 0) is 118 Å². The molecule has 0 aliphatic heterocycles. The van der Waals surface area contributed by atoms with Gasteiger partial charge in [-0.3, -0.25) is 0 Å². The number of rotatable bonds is 9. The molecule has 0 aliphatic carbocycles. The molecule has 0 amide bonds. The van der Waals surface area contributed by atoms with Gasteiger partial charge in [-0.15, -0.1) is 0 Å².